The molecule has 3 rings (SSSR count). The van der Waals surface area contributed by atoms with Crippen LogP contribution in [0.15, 0.2) is 24.3 Å². The van der Waals surface area contributed by atoms with E-state index in [1.54, 1.807) is 0 Å². The van der Waals surface area contributed by atoms with E-state index in [4.69, 9.17) is 4.74 Å². The average Bonchev–Trinajstić information content (AvgIpc) is 2.70. The Labute approximate surface area is 138 Å². The highest BCUT2D eigenvalue weighted by Crippen LogP contribution is 2.46. The van der Waals surface area contributed by atoms with E-state index >= 15 is 0 Å². The van der Waals surface area contributed by atoms with Crippen LogP contribution in [-0.4, -0.2) is 33.8 Å². The van der Waals surface area contributed by atoms with Gasteiger partial charge in [-0.1, -0.05) is 24.3 Å². The van der Waals surface area contributed by atoms with Gasteiger partial charge >= 0.3 is 6.09 Å². The molecule has 2 saturated heterocycles. The second-order valence-corrected chi connectivity index (χ2v) is 8.03. The first-order chi connectivity index (χ1) is 10.7. The molecule has 0 spiro atoms. The molecule has 1 amide bonds. The van der Waals surface area contributed by atoms with Crippen LogP contribution < -0.4 is 0 Å². The minimum atomic E-state index is -0.838. The van der Waals surface area contributed by atoms with E-state index in [1.165, 1.54) is 0 Å². The molecule has 0 saturated carbocycles. The normalized spacial score (nSPS) is 30.4. The van der Waals surface area contributed by atoms with Crippen LogP contribution in [0.3, 0.4) is 0 Å². The summed E-state index contributed by atoms with van der Waals surface area (Å²) >= 11 is 0. The maximum Gasteiger partial charge on any atom is 0.410 e. The summed E-state index contributed by atoms with van der Waals surface area (Å²) in [4.78, 5) is 14.4. The van der Waals surface area contributed by atoms with Crippen LogP contribution in [0.5, 0.6) is 0 Å². The third kappa shape index (κ3) is 3.09. The van der Waals surface area contributed by atoms with E-state index in [1.807, 2.05) is 56.9 Å². The molecule has 4 heteroatoms. The number of carbonyl (C=O) groups excluding carboxylic acids is 1. The van der Waals surface area contributed by atoms with Gasteiger partial charge in [0.05, 0.1) is 5.60 Å². The number of hydrogen-bond donors (Lipinski definition) is 1. The van der Waals surface area contributed by atoms with Crippen LogP contribution in [0.2, 0.25) is 0 Å². The van der Waals surface area contributed by atoms with Crippen molar-refractivity contribution in [1.29, 1.82) is 0 Å². The van der Waals surface area contributed by atoms with Gasteiger partial charge < -0.3 is 14.7 Å². The molecule has 0 aromatic heterocycles. The number of piperidine rings is 1. The third-order valence-electron chi connectivity index (χ3n) is 5.02. The predicted molar refractivity (Wildman–Crippen MR) is 89.2 cm³/mol. The van der Waals surface area contributed by atoms with Crippen LogP contribution >= 0.6 is 0 Å². The smallest absolute Gasteiger partial charge is 0.410 e. The van der Waals surface area contributed by atoms with Gasteiger partial charge in [0.1, 0.15) is 5.60 Å². The Hall–Kier alpha value is -1.55. The minimum absolute atomic E-state index is 0.0632. The standard InChI is InChI=1S/C19H27NO3/c1-13-7-5-6-8-16(13)19(22)11-14-9-10-15(12-19)20(14)17(21)23-18(2,3)4/h5-8,14-15,22H,9-12H2,1-4H3. The molecular weight excluding hydrogens is 290 g/mol. The molecule has 2 fully saturated rings. The molecule has 1 aromatic rings. The zero-order valence-electron chi connectivity index (χ0n) is 14.5. The van der Waals surface area contributed by atoms with Crippen molar-refractivity contribution in [3.05, 3.63) is 35.4 Å². The van der Waals surface area contributed by atoms with Gasteiger partial charge in [-0.3, -0.25) is 0 Å². The van der Waals surface area contributed by atoms with E-state index < -0.39 is 11.2 Å². The summed E-state index contributed by atoms with van der Waals surface area (Å²) in [6, 6.07) is 8.14. The van der Waals surface area contributed by atoms with Crippen molar-refractivity contribution < 1.29 is 14.6 Å². The van der Waals surface area contributed by atoms with E-state index in [0.717, 1.165) is 24.0 Å². The van der Waals surface area contributed by atoms with Crippen molar-refractivity contribution in [2.75, 3.05) is 0 Å². The molecule has 2 aliphatic rings. The third-order valence-corrected chi connectivity index (χ3v) is 5.02. The molecule has 126 valence electrons. The molecular formula is C19H27NO3. The zero-order chi connectivity index (χ0) is 16.8. The Morgan fingerprint density at radius 2 is 1.78 bits per heavy atom. The lowest BCUT2D eigenvalue weighted by Gasteiger charge is -2.44. The summed E-state index contributed by atoms with van der Waals surface area (Å²) in [6.45, 7) is 7.71. The highest BCUT2D eigenvalue weighted by Gasteiger charge is 2.51. The first-order valence-corrected chi connectivity index (χ1v) is 8.49. The van der Waals surface area contributed by atoms with Crippen LogP contribution in [0.25, 0.3) is 0 Å². The van der Waals surface area contributed by atoms with Crippen LogP contribution in [0, 0.1) is 6.92 Å². The molecule has 2 bridgehead atoms. The highest BCUT2D eigenvalue weighted by atomic mass is 16.6. The van der Waals surface area contributed by atoms with Gasteiger partial charge in [0.25, 0.3) is 0 Å². The molecule has 2 heterocycles. The number of nitrogens with zero attached hydrogens (tertiary/aromatic N) is 1. The summed E-state index contributed by atoms with van der Waals surface area (Å²) in [5.41, 5.74) is 0.788. The van der Waals surface area contributed by atoms with Crippen LogP contribution in [0.1, 0.15) is 57.6 Å². The lowest BCUT2D eigenvalue weighted by molar-refractivity contribution is -0.0627. The number of aliphatic hydroxyl groups is 1. The van der Waals surface area contributed by atoms with Crippen molar-refractivity contribution in [1.82, 2.24) is 4.90 Å². The van der Waals surface area contributed by atoms with Gasteiger partial charge in [-0.25, -0.2) is 4.79 Å². The monoisotopic (exact) mass is 317 g/mol. The largest absolute Gasteiger partial charge is 0.444 e. The van der Waals surface area contributed by atoms with E-state index in [0.29, 0.717) is 12.8 Å². The SMILES string of the molecule is Cc1ccccc1C1(O)CC2CCC(C1)N2C(=O)OC(C)(C)C. The van der Waals surface area contributed by atoms with Gasteiger partial charge in [0.2, 0.25) is 0 Å². The Kier molecular flexibility index (Phi) is 3.91. The van der Waals surface area contributed by atoms with E-state index in [9.17, 15) is 9.90 Å². The topological polar surface area (TPSA) is 49.8 Å². The second-order valence-electron chi connectivity index (χ2n) is 8.03. The van der Waals surface area contributed by atoms with Crippen LogP contribution in [-0.2, 0) is 10.3 Å². The fourth-order valence-electron chi connectivity index (χ4n) is 4.15. The molecule has 0 aliphatic carbocycles. The Bertz CT molecular complexity index is 591. The lowest BCUT2D eigenvalue weighted by atomic mass is 9.79. The Morgan fingerprint density at radius 1 is 1.22 bits per heavy atom. The average molecular weight is 317 g/mol. The maximum atomic E-state index is 12.5. The van der Waals surface area contributed by atoms with Crippen molar-refractivity contribution in [3.8, 4) is 0 Å². The second kappa shape index (κ2) is 5.52. The zero-order valence-corrected chi connectivity index (χ0v) is 14.5. The molecule has 2 aliphatic heterocycles. The molecule has 4 nitrogen and oxygen atoms in total. The van der Waals surface area contributed by atoms with Gasteiger partial charge in [0, 0.05) is 24.9 Å². The number of fused-ring (bicyclic) bond motifs is 2. The van der Waals surface area contributed by atoms with E-state index in [2.05, 4.69) is 0 Å². The minimum Gasteiger partial charge on any atom is -0.444 e. The lowest BCUT2D eigenvalue weighted by Crippen LogP contribution is -2.53. The van der Waals surface area contributed by atoms with Crippen molar-refractivity contribution in [2.24, 2.45) is 0 Å². The summed E-state index contributed by atoms with van der Waals surface area (Å²) in [6.07, 6.45) is 2.83. The Balaban J connectivity index is 1.82. The number of amides is 1. The number of rotatable bonds is 1. The van der Waals surface area contributed by atoms with Crippen LogP contribution in [0.4, 0.5) is 4.79 Å². The number of carbonyl (C=O) groups is 1. The van der Waals surface area contributed by atoms with Gasteiger partial charge in [0.15, 0.2) is 0 Å². The molecule has 0 radical (unpaired) electrons. The molecule has 2 unspecified atom stereocenters. The van der Waals surface area contributed by atoms with Gasteiger partial charge in [-0.05, 0) is 51.7 Å². The number of benzene rings is 1. The van der Waals surface area contributed by atoms with Gasteiger partial charge in [-0.15, -0.1) is 0 Å². The maximum absolute atomic E-state index is 12.5. The quantitative estimate of drug-likeness (QED) is 0.858. The number of hydrogen-bond acceptors (Lipinski definition) is 3. The Morgan fingerprint density at radius 3 is 2.30 bits per heavy atom. The molecule has 1 aromatic carbocycles. The van der Waals surface area contributed by atoms with Crippen molar-refractivity contribution in [3.63, 3.8) is 0 Å². The van der Waals surface area contributed by atoms with E-state index in [-0.39, 0.29) is 18.2 Å². The summed E-state index contributed by atoms with van der Waals surface area (Å²) in [5, 5.41) is 11.3. The highest BCUT2D eigenvalue weighted by molar-refractivity contribution is 5.70. The number of ether oxygens (including phenoxy) is 1. The summed E-state index contributed by atoms with van der Waals surface area (Å²) in [5.74, 6) is 0. The predicted octanol–water partition coefficient (Wildman–Crippen LogP) is 3.74. The molecule has 2 atom stereocenters. The molecule has 23 heavy (non-hydrogen) atoms. The number of aryl methyl sites for hydroxylation is 1. The summed E-state index contributed by atoms with van der Waals surface area (Å²) < 4.78 is 5.56. The first kappa shape index (κ1) is 16.3. The van der Waals surface area contributed by atoms with Crippen molar-refractivity contribution in [2.45, 2.75) is 76.7 Å². The fraction of sp³-hybridized carbons (Fsp3) is 0.632. The molecule has 1 N–H and O–H groups in total. The van der Waals surface area contributed by atoms with Crippen molar-refractivity contribution >= 4 is 6.09 Å². The van der Waals surface area contributed by atoms with Gasteiger partial charge in [-0.2, -0.15) is 0 Å². The first-order valence-electron chi connectivity index (χ1n) is 8.49. The summed E-state index contributed by atoms with van der Waals surface area (Å²) in [7, 11) is 0. The fourth-order valence-corrected chi connectivity index (χ4v) is 4.15.